The Hall–Kier alpha value is -0.130. The van der Waals surface area contributed by atoms with E-state index in [9.17, 15) is 8.42 Å². The molecule has 4 nitrogen and oxygen atoms in total. The van der Waals surface area contributed by atoms with Crippen molar-refractivity contribution in [3.05, 3.63) is 0 Å². The molecule has 0 amide bonds. The molecule has 0 aromatic heterocycles. The zero-order valence-electron chi connectivity index (χ0n) is 10.9. The average Bonchev–Trinajstić information content (AvgIpc) is 2.63. The van der Waals surface area contributed by atoms with Crippen molar-refractivity contribution >= 4 is 9.84 Å². The summed E-state index contributed by atoms with van der Waals surface area (Å²) >= 11 is 0. The van der Waals surface area contributed by atoms with Gasteiger partial charge in [0.15, 0.2) is 0 Å². The van der Waals surface area contributed by atoms with E-state index >= 15 is 0 Å². The molecule has 1 aliphatic heterocycles. The molecule has 2 fully saturated rings. The Morgan fingerprint density at radius 3 is 2.53 bits per heavy atom. The lowest BCUT2D eigenvalue weighted by atomic mass is 9.94. The van der Waals surface area contributed by atoms with Crippen LogP contribution in [0.1, 0.15) is 32.1 Å². The molecule has 3 atom stereocenters. The van der Waals surface area contributed by atoms with E-state index in [1.54, 1.807) is 0 Å². The molecule has 3 unspecified atom stereocenters. The first-order chi connectivity index (χ1) is 7.95. The number of nitrogens with zero attached hydrogens (tertiary/aromatic N) is 1. The third-order valence-corrected chi connectivity index (χ3v) is 5.73. The monoisotopic (exact) mass is 260 g/mol. The van der Waals surface area contributed by atoms with Crippen molar-refractivity contribution in [2.24, 2.45) is 0 Å². The highest BCUT2D eigenvalue weighted by Gasteiger charge is 2.30. The lowest BCUT2D eigenvalue weighted by molar-refractivity contribution is 0.328. The molecule has 0 radical (unpaired) electrons. The van der Waals surface area contributed by atoms with Gasteiger partial charge in [-0.2, -0.15) is 0 Å². The van der Waals surface area contributed by atoms with E-state index in [0.29, 0.717) is 12.1 Å². The smallest absolute Gasteiger partial charge is 0.150 e. The molecule has 100 valence electrons. The van der Waals surface area contributed by atoms with E-state index in [-0.39, 0.29) is 5.25 Å². The molecule has 1 saturated carbocycles. The van der Waals surface area contributed by atoms with Crippen molar-refractivity contribution in [2.45, 2.75) is 49.4 Å². The van der Waals surface area contributed by atoms with Crippen molar-refractivity contribution in [1.29, 1.82) is 0 Å². The van der Waals surface area contributed by atoms with Gasteiger partial charge in [-0.3, -0.25) is 0 Å². The highest BCUT2D eigenvalue weighted by molar-refractivity contribution is 7.91. The first-order valence-electron chi connectivity index (χ1n) is 6.58. The Morgan fingerprint density at radius 1 is 1.18 bits per heavy atom. The van der Waals surface area contributed by atoms with Crippen LogP contribution in [0.15, 0.2) is 0 Å². The van der Waals surface area contributed by atoms with Gasteiger partial charge in [-0.05, 0) is 39.3 Å². The van der Waals surface area contributed by atoms with Gasteiger partial charge in [0.25, 0.3) is 0 Å². The van der Waals surface area contributed by atoms with Crippen LogP contribution in [0.2, 0.25) is 0 Å². The first kappa shape index (κ1) is 13.3. The van der Waals surface area contributed by atoms with E-state index in [0.717, 1.165) is 38.8 Å². The Kier molecular flexibility index (Phi) is 4.10. The van der Waals surface area contributed by atoms with Crippen LogP contribution in [0.5, 0.6) is 0 Å². The molecular weight excluding hydrogens is 236 g/mol. The van der Waals surface area contributed by atoms with Crippen LogP contribution in [-0.4, -0.2) is 57.0 Å². The zero-order chi connectivity index (χ0) is 12.5. The molecule has 1 aliphatic carbocycles. The number of likely N-dealkylation sites (tertiary alicyclic amines) is 1. The average molecular weight is 260 g/mol. The lowest BCUT2D eigenvalue weighted by Gasteiger charge is -2.30. The van der Waals surface area contributed by atoms with Crippen LogP contribution in [0.4, 0.5) is 0 Å². The van der Waals surface area contributed by atoms with E-state index in [1.807, 2.05) is 0 Å². The molecule has 2 aliphatic rings. The summed E-state index contributed by atoms with van der Waals surface area (Å²) < 4.78 is 23.2. The number of likely N-dealkylation sites (N-methyl/N-ethyl adjacent to an activating group) is 1. The largest absolute Gasteiger partial charge is 0.310 e. The van der Waals surface area contributed by atoms with Gasteiger partial charge in [0, 0.05) is 24.9 Å². The van der Waals surface area contributed by atoms with Gasteiger partial charge >= 0.3 is 0 Å². The van der Waals surface area contributed by atoms with Crippen molar-refractivity contribution in [1.82, 2.24) is 10.2 Å². The van der Waals surface area contributed by atoms with E-state index < -0.39 is 9.84 Å². The summed E-state index contributed by atoms with van der Waals surface area (Å²) in [6.45, 7) is 2.25. The second kappa shape index (κ2) is 5.24. The Morgan fingerprint density at radius 2 is 1.94 bits per heavy atom. The maximum atomic E-state index is 11.6. The minimum atomic E-state index is -2.85. The summed E-state index contributed by atoms with van der Waals surface area (Å²) in [5.41, 5.74) is 0. The number of nitrogens with one attached hydrogen (secondary N) is 1. The van der Waals surface area contributed by atoms with Crippen LogP contribution < -0.4 is 5.32 Å². The van der Waals surface area contributed by atoms with E-state index in [1.165, 1.54) is 12.7 Å². The second-order valence-corrected chi connectivity index (χ2v) is 8.06. The summed E-state index contributed by atoms with van der Waals surface area (Å²) in [6.07, 6.45) is 6.39. The highest BCUT2D eigenvalue weighted by atomic mass is 32.2. The normalized spacial score (nSPS) is 36.2. The first-order valence-corrected chi connectivity index (χ1v) is 8.54. The van der Waals surface area contributed by atoms with E-state index in [4.69, 9.17) is 0 Å². The Balaban J connectivity index is 1.85. The predicted octanol–water partition coefficient (Wildman–Crippen LogP) is 0.636. The molecule has 1 N–H and O–H groups in total. The van der Waals surface area contributed by atoms with Crippen LogP contribution in [0.25, 0.3) is 0 Å². The van der Waals surface area contributed by atoms with Gasteiger partial charge in [0.1, 0.15) is 9.84 Å². The molecule has 2 rings (SSSR count). The van der Waals surface area contributed by atoms with Gasteiger partial charge in [-0.25, -0.2) is 8.42 Å². The molecule has 0 spiro atoms. The van der Waals surface area contributed by atoms with Crippen molar-refractivity contribution in [2.75, 3.05) is 26.4 Å². The van der Waals surface area contributed by atoms with E-state index in [2.05, 4.69) is 17.3 Å². The topological polar surface area (TPSA) is 49.4 Å². The predicted molar refractivity (Wildman–Crippen MR) is 69.9 cm³/mol. The molecule has 0 bridgehead atoms. The van der Waals surface area contributed by atoms with Crippen LogP contribution in [0, 0.1) is 0 Å². The summed E-state index contributed by atoms with van der Waals surface area (Å²) in [4.78, 5) is 2.33. The number of hydrogen-bond acceptors (Lipinski definition) is 4. The summed E-state index contributed by atoms with van der Waals surface area (Å²) in [6, 6.07) is 0.961. The minimum absolute atomic E-state index is 0.118. The van der Waals surface area contributed by atoms with Crippen LogP contribution in [0.3, 0.4) is 0 Å². The summed E-state index contributed by atoms with van der Waals surface area (Å²) in [7, 11) is -0.713. The third kappa shape index (κ3) is 3.66. The maximum Gasteiger partial charge on any atom is 0.150 e. The van der Waals surface area contributed by atoms with Gasteiger partial charge in [0.05, 0.1) is 5.25 Å². The fourth-order valence-electron chi connectivity index (χ4n) is 3.09. The Bertz CT molecular complexity index is 356. The lowest BCUT2D eigenvalue weighted by Crippen LogP contribution is -2.44. The summed E-state index contributed by atoms with van der Waals surface area (Å²) in [5.74, 6) is 0. The molecule has 1 saturated heterocycles. The van der Waals surface area contributed by atoms with Crippen LogP contribution in [-0.2, 0) is 9.84 Å². The van der Waals surface area contributed by atoms with Gasteiger partial charge in [0.2, 0.25) is 0 Å². The Labute approximate surface area is 105 Å². The zero-order valence-corrected chi connectivity index (χ0v) is 11.7. The molecule has 0 aromatic rings. The third-order valence-electron chi connectivity index (χ3n) is 4.09. The molecule has 17 heavy (non-hydrogen) atoms. The molecule has 0 aromatic carbocycles. The van der Waals surface area contributed by atoms with Gasteiger partial charge < -0.3 is 10.2 Å². The standard InChI is InChI=1S/C12H24N2O2S/c1-14-7-6-11(9-14)13-10-4-3-5-12(8-10)17(2,15)16/h10-13H,3-9H2,1-2H3. The van der Waals surface area contributed by atoms with Gasteiger partial charge in [-0.1, -0.05) is 6.42 Å². The van der Waals surface area contributed by atoms with Crippen molar-refractivity contribution in [3.63, 3.8) is 0 Å². The SMILES string of the molecule is CN1CCC(NC2CCCC(S(C)(=O)=O)C2)C1. The fraction of sp³-hybridized carbons (Fsp3) is 1.00. The molecule has 5 heteroatoms. The maximum absolute atomic E-state index is 11.6. The molecular formula is C12H24N2O2S. The van der Waals surface area contributed by atoms with Gasteiger partial charge in [-0.15, -0.1) is 0 Å². The van der Waals surface area contributed by atoms with Crippen LogP contribution >= 0.6 is 0 Å². The number of rotatable bonds is 3. The quantitative estimate of drug-likeness (QED) is 0.809. The molecule has 1 heterocycles. The van der Waals surface area contributed by atoms with Crippen molar-refractivity contribution < 1.29 is 8.42 Å². The van der Waals surface area contributed by atoms with Crippen molar-refractivity contribution in [3.8, 4) is 0 Å². The number of sulfone groups is 1. The highest BCUT2D eigenvalue weighted by Crippen LogP contribution is 2.24. The second-order valence-electron chi connectivity index (χ2n) is 5.73. The fourth-order valence-corrected chi connectivity index (χ4v) is 4.27. The summed E-state index contributed by atoms with van der Waals surface area (Å²) in [5, 5.41) is 3.53. The minimum Gasteiger partial charge on any atom is -0.310 e. The number of hydrogen-bond donors (Lipinski definition) is 1.